The van der Waals surface area contributed by atoms with Crippen LogP contribution in [0.1, 0.15) is 23.4 Å². The summed E-state index contributed by atoms with van der Waals surface area (Å²) >= 11 is 10.9. The molecule has 1 unspecified atom stereocenters. The third-order valence-electron chi connectivity index (χ3n) is 5.18. The minimum absolute atomic E-state index is 0.0347. The van der Waals surface area contributed by atoms with Crippen LogP contribution >= 0.6 is 39.5 Å². The molecule has 2 aromatic rings. The number of morpholine rings is 1. The smallest absolute Gasteiger partial charge is 0.254 e. The van der Waals surface area contributed by atoms with E-state index in [-0.39, 0.29) is 11.9 Å². The van der Waals surface area contributed by atoms with Gasteiger partial charge in [0.2, 0.25) is 0 Å². The van der Waals surface area contributed by atoms with Gasteiger partial charge in [0.1, 0.15) is 0 Å². The Morgan fingerprint density at radius 1 is 1.24 bits per heavy atom. The van der Waals surface area contributed by atoms with Gasteiger partial charge in [0.05, 0.1) is 24.8 Å². The standard InChI is InChI=1S/C21H22BrN3O2S2/c1-13-3-5-16(6-4-13)25-14(2)18(20(26)24-7-9-27-10-8-24)19(23-21(25)28)17-11-15(22)12-29-17/h3-6,11-12,19H,7-10H2,1-2H3,(H,23,28). The van der Waals surface area contributed by atoms with Gasteiger partial charge in [-0.1, -0.05) is 17.7 Å². The maximum atomic E-state index is 13.6. The van der Waals surface area contributed by atoms with Crippen LogP contribution in [0, 0.1) is 6.92 Å². The van der Waals surface area contributed by atoms with Crippen LogP contribution in [0.4, 0.5) is 5.69 Å². The number of thiocarbonyl (C=S) groups is 1. The molecule has 0 bridgehead atoms. The van der Waals surface area contributed by atoms with Crippen molar-refractivity contribution in [3.05, 3.63) is 61.9 Å². The number of aryl methyl sites for hydroxylation is 1. The van der Waals surface area contributed by atoms with Crippen molar-refractivity contribution in [2.75, 3.05) is 31.2 Å². The maximum absolute atomic E-state index is 13.6. The monoisotopic (exact) mass is 491 g/mol. The minimum atomic E-state index is -0.268. The number of ether oxygens (including phenoxy) is 1. The van der Waals surface area contributed by atoms with Gasteiger partial charge in [-0.05, 0) is 60.2 Å². The Morgan fingerprint density at radius 3 is 2.55 bits per heavy atom. The van der Waals surface area contributed by atoms with E-state index in [0.717, 1.165) is 26.3 Å². The van der Waals surface area contributed by atoms with E-state index < -0.39 is 0 Å². The molecule has 1 amide bonds. The van der Waals surface area contributed by atoms with Crippen molar-refractivity contribution in [1.82, 2.24) is 10.2 Å². The molecule has 8 heteroatoms. The number of benzene rings is 1. The molecule has 29 heavy (non-hydrogen) atoms. The van der Waals surface area contributed by atoms with Gasteiger partial charge in [-0.2, -0.15) is 0 Å². The third-order valence-corrected chi connectivity index (χ3v) is 7.24. The molecular formula is C21H22BrN3O2S2. The highest BCUT2D eigenvalue weighted by atomic mass is 79.9. The van der Waals surface area contributed by atoms with Gasteiger partial charge < -0.3 is 15.0 Å². The Morgan fingerprint density at radius 2 is 1.93 bits per heavy atom. The molecule has 0 saturated carbocycles. The zero-order valence-electron chi connectivity index (χ0n) is 16.3. The van der Waals surface area contributed by atoms with E-state index in [1.165, 1.54) is 5.56 Å². The highest BCUT2D eigenvalue weighted by Crippen LogP contribution is 2.37. The van der Waals surface area contributed by atoms with Crippen molar-refractivity contribution in [3.8, 4) is 0 Å². The van der Waals surface area contributed by atoms with Crippen molar-refractivity contribution in [1.29, 1.82) is 0 Å². The number of rotatable bonds is 3. The van der Waals surface area contributed by atoms with Crippen molar-refractivity contribution in [2.45, 2.75) is 19.9 Å². The Kier molecular flexibility index (Phi) is 6.06. The molecule has 1 aromatic heterocycles. The zero-order chi connectivity index (χ0) is 20.5. The minimum Gasteiger partial charge on any atom is -0.378 e. The lowest BCUT2D eigenvalue weighted by Crippen LogP contribution is -2.51. The lowest BCUT2D eigenvalue weighted by Gasteiger charge is -2.39. The molecule has 4 rings (SSSR count). The van der Waals surface area contributed by atoms with Crippen molar-refractivity contribution in [2.24, 2.45) is 0 Å². The van der Waals surface area contributed by atoms with Crippen LogP contribution in [-0.4, -0.2) is 42.2 Å². The second-order valence-electron chi connectivity index (χ2n) is 7.12. The van der Waals surface area contributed by atoms with Crippen LogP contribution < -0.4 is 10.2 Å². The van der Waals surface area contributed by atoms with Gasteiger partial charge in [-0.3, -0.25) is 9.69 Å². The predicted octanol–water partition coefficient (Wildman–Crippen LogP) is 4.39. The number of thiophene rings is 1. The third kappa shape index (κ3) is 4.12. The highest BCUT2D eigenvalue weighted by molar-refractivity contribution is 9.10. The molecule has 0 radical (unpaired) electrons. The Labute approximate surface area is 188 Å². The molecule has 152 valence electrons. The topological polar surface area (TPSA) is 44.8 Å². The maximum Gasteiger partial charge on any atom is 0.254 e. The van der Waals surface area contributed by atoms with Crippen molar-refractivity contribution in [3.63, 3.8) is 0 Å². The van der Waals surface area contributed by atoms with Crippen molar-refractivity contribution < 1.29 is 9.53 Å². The lowest BCUT2D eigenvalue weighted by atomic mass is 9.98. The first-order valence-corrected chi connectivity index (χ1v) is 11.5. The fourth-order valence-corrected chi connectivity index (χ4v) is 5.52. The van der Waals surface area contributed by atoms with E-state index in [1.807, 2.05) is 40.3 Å². The fourth-order valence-electron chi connectivity index (χ4n) is 3.65. The molecule has 1 saturated heterocycles. The largest absolute Gasteiger partial charge is 0.378 e. The molecule has 1 fully saturated rings. The van der Waals surface area contributed by atoms with Crippen LogP contribution in [0.3, 0.4) is 0 Å². The first kappa shape index (κ1) is 20.5. The summed E-state index contributed by atoms with van der Waals surface area (Å²) in [5.74, 6) is 0.0347. The van der Waals surface area contributed by atoms with E-state index in [1.54, 1.807) is 11.3 Å². The predicted molar refractivity (Wildman–Crippen MR) is 124 cm³/mol. The molecule has 5 nitrogen and oxygen atoms in total. The number of allylic oxidation sites excluding steroid dienone is 1. The number of carbonyl (C=O) groups is 1. The van der Waals surface area contributed by atoms with E-state index >= 15 is 0 Å². The number of nitrogens with one attached hydrogen (secondary N) is 1. The number of hydrogen-bond acceptors (Lipinski definition) is 4. The Bertz CT molecular complexity index is 965. The summed E-state index contributed by atoms with van der Waals surface area (Å²) < 4.78 is 6.44. The van der Waals surface area contributed by atoms with E-state index in [4.69, 9.17) is 17.0 Å². The molecule has 1 atom stereocenters. The molecule has 2 aliphatic heterocycles. The zero-order valence-corrected chi connectivity index (χ0v) is 19.5. The van der Waals surface area contributed by atoms with Crippen molar-refractivity contribution >= 4 is 56.2 Å². The number of halogens is 1. The Balaban J connectivity index is 1.80. The highest BCUT2D eigenvalue weighted by Gasteiger charge is 2.37. The quantitative estimate of drug-likeness (QED) is 0.645. The molecule has 0 spiro atoms. The van der Waals surface area contributed by atoms with E-state index in [9.17, 15) is 4.79 Å². The summed E-state index contributed by atoms with van der Waals surface area (Å²) in [6.07, 6.45) is 0. The van der Waals surface area contributed by atoms with E-state index in [2.05, 4.69) is 40.3 Å². The van der Waals surface area contributed by atoms with Gasteiger partial charge in [0.15, 0.2) is 5.11 Å². The summed E-state index contributed by atoms with van der Waals surface area (Å²) in [6.45, 7) is 6.38. The van der Waals surface area contributed by atoms with Gasteiger partial charge in [0, 0.05) is 39.2 Å². The second kappa shape index (κ2) is 8.55. The van der Waals surface area contributed by atoms with Crippen LogP contribution in [0.25, 0.3) is 0 Å². The fraction of sp³-hybridized carbons (Fsp3) is 0.333. The lowest BCUT2D eigenvalue weighted by molar-refractivity contribution is -0.131. The second-order valence-corrected chi connectivity index (χ2v) is 9.37. The van der Waals surface area contributed by atoms with Gasteiger partial charge in [0.25, 0.3) is 5.91 Å². The number of anilines is 1. The van der Waals surface area contributed by atoms with Crippen LogP contribution in [-0.2, 0) is 9.53 Å². The van der Waals surface area contributed by atoms with Crippen LogP contribution in [0.5, 0.6) is 0 Å². The van der Waals surface area contributed by atoms with E-state index in [0.29, 0.717) is 31.4 Å². The number of amides is 1. The van der Waals surface area contributed by atoms with Gasteiger partial charge in [-0.15, -0.1) is 11.3 Å². The van der Waals surface area contributed by atoms with Gasteiger partial charge >= 0.3 is 0 Å². The number of nitrogens with zero attached hydrogens (tertiary/aromatic N) is 2. The SMILES string of the molecule is CC1=C(C(=O)N2CCOCC2)C(c2cc(Br)cs2)NC(=S)N1c1ccc(C)cc1. The molecule has 2 aliphatic rings. The summed E-state index contributed by atoms with van der Waals surface area (Å²) in [5.41, 5.74) is 3.72. The first-order chi connectivity index (χ1) is 14.0. The summed E-state index contributed by atoms with van der Waals surface area (Å²) in [5, 5.41) is 6.04. The normalized spacial score (nSPS) is 20.1. The summed E-state index contributed by atoms with van der Waals surface area (Å²) in [6, 6.07) is 9.95. The molecule has 1 N–H and O–H groups in total. The molecule has 0 aliphatic carbocycles. The summed E-state index contributed by atoms with van der Waals surface area (Å²) in [4.78, 5) is 18.5. The first-order valence-electron chi connectivity index (χ1n) is 9.44. The van der Waals surface area contributed by atoms with Crippen LogP contribution in [0.15, 0.2) is 51.5 Å². The molecule has 1 aromatic carbocycles. The summed E-state index contributed by atoms with van der Waals surface area (Å²) in [7, 11) is 0. The molecule has 3 heterocycles. The average molecular weight is 492 g/mol. The molecular weight excluding hydrogens is 470 g/mol. The average Bonchev–Trinajstić information content (AvgIpc) is 3.15. The van der Waals surface area contributed by atoms with Gasteiger partial charge in [-0.25, -0.2) is 0 Å². The van der Waals surface area contributed by atoms with Crippen LogP contribution in [0.2, 0.25) is 0 Å². The Hall–Kier alpha value is -1.74. The number of carbonyl (C=O) groups excluding carboxylic acids is 1. The number of hydrogen-bond donors (Lipinski definition) is 1.